The highest BCUT2D eigenvalue weighted by Gasteiger charge is 2.23. The number of amides is 1. The number of rotatable bonds is 6. The quantitative estimate of drug-likeness (QED) is 0.629. The number of carboxylic acid groups (broad SMARTS) is 1. The summed E-state index contributed by atoms with van der Waals surface area (Å²) in [6.07, 6.45) is 1.13. The maximum Gasteiger partial charge on any atom is 0.305 e. The molecule has 0 aliphatic rings. The Balaban J connectivity index is 3.01. The predicted molar refractivity (Wildman–Crippen MR) is 70.7 cm³/mol. The number of hydrogen-bond donors (Lipinski definition) is 1. The van der Waals surface area contributed by atoms with Crippen LogP contribution in [0.5, 0.6) is 0 Å². The summed E-state index contributed by atoms with van der Waals surface area (Å²) in [5, 5.41) is 19.4. The second-order valence-corrected chi connectivity index (χ2v) is 4.71. The number of carboxylic acids is 1. The maximum atomic E-state index is 12.2. The number of aromatic nitrogens is 1. The van der Waals surface area contributed by atoms with Crippen molar-refractivity contribution < 1.29 is 19.6 Å². The highest BCUT2D eigenvalue weighted by molar-refractivity contribution is 5.93. The third-order valence-electron chi connectivity index (χ3n) is 2.83. The molecule has 0 bridgehead atoms. The van der Waals surface area contributed by atoms with Crippen LogP contribution in [0.25, 0.3) is 0 Å². The first-order valence-electron chi connectivity index (χ1n) is 6.07. The molecule has 8 nitrogen and oxygen atoms in total. The van der Waals surface area contributed by atoms with Crippen LogP contribution >= 0.6 is 0 Å². The molecule has 0 spiro atoms. The summed E-state index contributed by atoms with van der Waals surface area (Å²) in [6.45, 7) is 3.65. The summed E-state index contributed by atoms with van der Waals surface area (Å²) in [4.78, 5) is 34.2. The van der Waals surface area contributed by atoms with Crippen molar-refractivity contribution in [1.82, 2.24) is 9.47 Å². The molecule has 0 saturated heterocycles. The first kappa shape index (κ1) is 15.7. The van der Waals surface area contributed by atoms with E-state index in [1.54, 1.807) is 13.8 Å². The van der Waals surface area contributed by atoms with Crippen molar-refractivity contribution in [2.45, 2.75) is 26.3 Å². The topological polar surface area (TPSA) is 106 Å². The van der Waals surface area contributed by atoms with Crippen LogP contribution in [0.3, 0.4) is 0 Å². The van der Waals surface area contributed by atoms with E-state index in [2.05, 4.69) is 0 Å². The summed E-state index contributed by atoms with van der Waals surface area (Å²) >= 11 is 0. The lowest BCUT2D eigenvalue weighted by atomic mass is 10.3. The molecule has 0 fully saturated rings. The highest BCUT2D eigenvalue weighted by atomic mass is 16.6. The standard InChI is InChI=1S/C12H17N3O5/c1-8(2)14-7-9(15(19)20)6-10(14)12(18)13(3)5-4-11(16)17/h6-8H,4-5H2,1-3H3,(H,16,17). The van der Waals surface area contributed by atoms with Gasteiger partial charge in [-0.1, -0.05) is 0 Å². The molecule has 1 amide bonds. The zero-order valence-corrected chi connectivity index (χ0v) is 11.6. The van der Waals surface area contributed by atoms with Crippen LogP contribution < -0.4 is 0 Å². The maximum absolute atomic E-state index is 12.2. The second-order valence-electron chi connectivity index (χ2n) is 4.71. The van der Waals surface area contributed by atoms with Gasteiger partial charge in [-0.25, -0.2) is 0 Å². The molecular formula is C12H17N3O5. The van der Waals surface area contributed by atoms with Gasteiger partial charge in [0.15, 0.2) is 0 Å². The fraction of sp³-hybridized carbons (Fsp3) is 0.500. The molecule has 110 valence electrons. The molecule has 0 saturated carbocycles. The molecule has 20 heavy (non-hydrogen) atoms. The van der Waals surface area contributed by atoms with Crippen LogP contribution in [0.15, 0.2) is 12.3 Å². The van der Waals surface area contributed by atoms with E-state index in [-0.39, 0.29) is 30.4 Å². The lowest BCUT2D eigenvalue weighted by Crippen LogP contribution is -2.30. The Hall–Kier alpha value is -2.38. The Morgan fingerprint density at radius 2 is 2.10 bits per heavy atom. The van der Waals surface area contributed by atoms with Crippen molar-refractivity contribution in [1.29, 1.82) is 0 Å². The Morgan fingerprint density at radius 1 is 1.50 bits per heavy atom. The van der Waals surface area contributed by atoms with Crippen LogP contribution in [-0.2, 0) is 4.79 Å². The van der Waals surface area contributed by atoms with E-state index in [0.29, 0.717) is 0 Å². The molecule has 1 heterocycles. The van der Waals surface area contributed by atoms with E-state index in [9.17, 15) is 19.7 Å². The van der Waals surface area contributed by atoms with E-state index < -0.39 is 16.8 Å². The van der Waals surface area contributed by atoms with Crippen molar-refractivity contribution in [2.75, 3.05) is 13.6 Å². The molecule has 1 rings (SSSR count). The minimum Gasteiger partial charge on any atom is -0.481 e. The molecule has 0 atom stereocenters. The molecule has 0 aromatic carbocycles. The molecular weight excluding hydrogens is 266 g/mol. The van der Waals surface area contributed by atoms with Crippen molar-refractivity contribution >= 4 is 17.6 Å². The van der Waals surface area contributed by atoms with Gasteiger partial charge in [-0.2, -0.15) is 0 Å². The minimum absolute atomic E-state index is 0.0469. The summed E-state index contributed by atoms with van der Waals surface area (Å²) in [5.74, 6) is -1.44. The minimum atomic E-state index is -1.00. The lowest BCUT2D eigenvalue weighted by molar-refractivity contribution is -0.384. The van der Waals surface area contributed by atoms with E-state index in [1.807, 2.05) is 0 Å². The average molecular weight is 283 g/mol. The third kappa shape index (κ3) is 3.56. The molecule has 1 N–H and O–H groups in total. The van der Waals surface area contributed by atoms with Crippen molar-refractivity contribution in [3.63, 3.8) is 0 Å². The van der Waals surface area contributed by atoms with Crippen molar-refractivity contribution in [3.8, 4) is 0 Å². The van der Waals surface area contributed by atoms with Crippen molar-refractivity contribution in [3.05, 3.63) is 28.1 Å². The first-order valence-corrected chi connectivity index (χ1v) is 6.07. The van der Waals surface area contributed by atoms with Gasteiger partial charge in [0.05, 0.1) is 17.5 Å². The molecule has 1 aromatic heterocycles. The van der Waals surface area contributed by atoms with Crippen LogP contribution in [-0.4, -0.2) is 45.0 Å². The largest absolute Gasteiger partial charge is 0.481 e. The van der Waals surface area contributed by atoms with Gasteiger partial charge in [-0.05, 0) is 13.8 Å². The molecule has 8 heteroatoms. The fourth-order valence-corrected chi connectivity index (χ4v) is 1.72. The molecule has 1 aromatic rings. The zero-order valence-electron chi connectivity index (χ0n) is 11.6. The van der Waals surface area contributed by atoms with Gasteiger partial charge >= 0.3 is 5.97 Å². The molecule has 0 aliphatic carbocycles. The van der Waals surface area contributed by atoms with Gasteiger partial charge in [0.1, 0.15) is 5.69 Å². The lowest BCUT2D eigenvalue weighted by Gasteiger charge is -2.18. The number of nitro groups is 1. The van der Waals surface area contributed by atoms with Gasteiger partial charge in [-0.3, -0.25) is 19.7 Å². The van der Waals surface area contributed by atoms with Gasteiger partial charge in [0.25, 0.3) is 11.6 Å². The summed E-state index contributed by atoms with van der Waals surface area (Å²) in [6, 6.07) is 1.09. The Kier molecular flexibility index (Phi) is 4.84. The smallest absolute Gasteiger partial charge is 0.305 e. The second kappa shape index (κ2) is 6.18. The molecule has 0 aliphatic heterocycles. The van der Waals surface area contributed by atoms with E-state index in [1.165, 1.54) is 28.8 Å². The number of carbonyl (C=O) groups excluding carboxylic acids is 1. The monoisotopic (exact) mass is 283 g/mol. The van der Waals surface area contributed by atoms with Gasteiger partial charge in [0.2, 0.25) is 0 Å². The average Bonchev–Trinajstić information content (AvgIpc) is 2.80. The SMILES string of the molecule is CC(C)n1cc([N+](=O)[O-])cc1C(=O)N(C)CCC(=O)O. The summed E-state index contributed by atoms with van der Waals surface area (Å²) in [5.41, 5.74) is 0.0215. The van der Waals surface area contributed by atoms with Gasteiger partial charge in [-0.15, -0.1) is 0 Å². The van der Waals surface area contributed by atoms with Crippen molar-refractivity contribution in [2.24, 2.45) is 0 Å². The zero-order chi connectivity index (χ0) is 15.4. The van der Waals surface area contributed by atoms with Gasteiger partial charge in [0, 0.05) is 25.7 Å². The van der Waals surface area contributed by atoms with Gasteiger partial charge < -0.3 is 14.6 Å². The number of hydrogen-bond acceptors (Lipinski definition) is 4. The first-order chi connectivity index (χ1) is 9.23. The van der Waals surface area contributed by atoms with Crippen LogP contribution in [0.1, 0.15) is 36.8 Å². The van der Waals surface area contributed by atoms with Crippen LogP contribution in [0.2, 0.25) is 0 Å². The van der Waals surface area contributed by atoms with Crippen LogP contribution in [0.4, 0.5) is 5.69 Å². The van der Waals surface area contributed by atoms with E-state index in [4.69, 9.17) is 5.11 Å². The predicted octanol–water partition coefficient (Wildman–Crippen LogP) is 1.52. The highest BCUT2D eigenvalue weighted by Crippen LogP contribution is 2.21. The molecule has 0 radical (unpaired) electrons. The number of aliphatic carboxylic acids is 1. The molecule has 0 unspecified atom stereocenters. The van der Waals surface area contributed by atoms with E-state index >= 15 is 0 Å². The summed E-state index contributed by atoms with van der Waals surface area (Å²) in [7, 11) is 1.47. The summed E-state index contributed by atoms with van der Waals surface area (Å²) < 4.78 is 1.51. The van der Waals surface area contributed by atoms with E-state index in [0.717, 1.165) is 0 Å². The normalized spacial score (nSPS) is 10.6. The Morgan fingerprint density at radius 3 is 2.55 bits per heavy atom. The number of carbonyl (C=O) groups is 2. The third-order valence-corrected chi connectivity index (χ3v) is 2.83. The Labute approximate surface area is 115 Å². The number of nitrogens with zero attached hydrogens (tertiary/aromatic N) is 3. The van der Waals surface area contributed by atoms with Crippen LogP contribution in [0, 0.1) is 10.1 Å². The Bertz CT molecular complexity index is 535. The fourth-order valence-electron chi connectivity index (χ4n) is 1.72.